The van der Waals surface area contributed by atoms with Gasteiger partial charge in [-0.25, -0.2) is 4.79 Å². The van der Waals surface area contributed by atoms with E-state index in [1.807, 2.05) is 6.92 Å². The minimum atomic E-state index is -1.33. The fraction of sp³-hybridized carbons (Fsp3) is 0.696. The fourth-order valence-corrected chi connectivity index (χ4v) is 7.21. The molecule has 7 atom stereocenters. The number of aliphatic hydroxyl groups excluding tert-OH is 2. The largest absolute Gasteiger partial charge is 0.387 e. The van der Waals surface area contributed by atoms with Gasteiger partial charge in [0.1, 0.15) is 29.9 Å². The number of aromatic nitrogens is 2. The maximum Gasteiger partial charge on any atom is 0.351 e. The van der Waals surface area contributed by atoms with E-state index in [2.05, 4.69) is 24.5 Å². The van der Waals surface area contributed by atoms with E-state index >= 15 is 0 Å². The number of Topliss-reactive ketones (excluding diaryl/α,β-unsaturated/α-hetero) is 1. The van der Waals surface area contributed by atoms with Crippen molar-refractivity contribution in [3.8, 4) is 0 Å². The van der Waals surface area contributed by atoms with Crippen molar-refractivity contribution in [3.05, 3.63) is 22.7 Å². The fourth-order valence-electron chi connectivity index (χ4n) is 3.65. The average molecular weight is 657 g/mol. The second kappa shape index (κ2) is 20.3. The summed E-state index contributed by atoms with van der Waals surface area (Å²) in [4.78, 5) is 51.7. The number of amides is 2. The number of carbonyl (C=O) groups excluding carboxylic acids is 3. The summed E-state index contributed by atoms with van der Waals surface area (Å²) < 4.78 is 12.1. The summed E-state index contributed by atoms with van der Waals surface area (Å²) in [7, 11) is 6.32. The van der Waals surface area contributed by atoms with Gasteiger partial charge < -0.3 is 30.1 Å². The Balaban J connectivity index is 1.61. The first-order valence-corrected chi connectivity index (χ1v) is 20.2. The lowest BCUT2D eigenvalue weighted by Crippen LogP contribution is -2.36. The summed E-state index contributed by atoms with van der Waals surface area (Å²) in [5, 5.41) is 26.0. The Hall–Kier alpha value is -0.680. The van der Waals surface area contributed by atoms with Crippen LogP contribution in [0.1, 0.15) is 58.1 Å². The third kappa shape index (κ3) is 13.1. The maximum absolute atomic E-state index is 12.5. The molecule has 40 heavy (non-hydrogen) atoms. The van der Waals surface area contributed by atoms with Gasteiger partial charge in [-0.3, -0.25) is 19.0 Å². The van der Waals surface area contributed by atoms with E-state index in [4.69, 9.17) is 9.26 Å². The molecule has 4 unspecified atom stereocenters. The molecule has 1 saturated heterocycles. The summed E-state index contributed by atoms with van der Waals surface area (Å²) in [6.07, 6.45) is 1.34. The average Bonchev–Trinajstić information content (AvgIpc) is 3.21. The van der Waals surface area contributed by atoms with Crippen molar-refractivity contribution in [2.45, 2.75) is 76.4 Å². The number of aliphatic hydroxyl groups is 2. The minimum Gasteiger partial charge on any atom is -0.387 e. The van der Waals surface area contributed by atoms with Crippen molar-refractivity contribution in [3.63, 3.8) is 0 Å². The number of rotatable bonds is 20. The third-order valence-corrected chi connectivity index (χ3v) is 10.5. The lowest BCUT2D eigenvalue weighted by Gasteiger charge is -2.17. The van der Waals surface area contributed by atoms with Gasteiger partial charge in [-0.05, 0) is 18.9 Å². The Morgan fingerprint density at radius 3 is 2.52 bits per heavy atom. The number of ketones is 1. The second-order valence-electron chi connectivity index (χ2n) is 8.85. The predicted molar refractivity (Wildman–Crippen MR) is 166 cm³/mol. The first kappa shape index (κ1) is 35.5. The second-order valence-corrected chi connectivity index (χ2v) is 16.4. The van der Waals surface area contributed by atoms with Gasteiger partial charge in [0.05, 0.1) is 6.61 Å². The third-order valence-electron chi connectivity index (χ3n) is 5.84. The Morgan fingerprint density at radius 2 is 1.85 bits per heavy atom. The highest BCUT2D eigenvalue weighted by Crippen LogP contribution is 2.44. The molecular formula is C23H39N4O8P3S2. The maximum atomic E-state index is 12.5. The standard InChI is InChI=1S/C23H39N4O8P3S2/c1-2-15(28)6-4-3-5-10-24-18(29)8-12-39-40-13-9-19(30)25-17-7-11-27(23(33)26-17)22-21(32)20(31)16(35-22)14-34-37-38-36/h7,11,16,20-22,31-32,37-38H,2-6,8-10,12-14,36H2,1H3,(H,24,29)(H,25,26,30,33)/t16-,20?,21+,22-/m1/s1. The molecule has 17 heteroatoms. The van der Waals surface area contributed by atoms with Crippen molar-refractivity contribution in [1.29, 1.82) is 0 Å². The van der Waals surface area contributed by atoms with Gasteiger partial charge in [0.25, 0.3) is 0 Å². The zero-order valence-electron chi connectivity index (χ0n) is 22.4. The van der Waals surface area contributed by atoms with Crippen molar-refractivity contribution < 1.29 is 33.9 Å². The van der Waals surface area contributed by atoms with Crippen LogP contribution in [0, 0.1) is 0 Å². The lowest BCUT2D eigenvalue weighted by molar-refractivity contribution is -0.121. The molecule has 2 rings (SSSR count). The van der Waals surface area contributed by atoms with Crippen molar-refractivity contribution in [2.75, 3.05) is 30.0 Å². The highest BCUT2D eigenvalue weighted by molar-refractivity contribution is 8.76. The first-order valence-electron chi connectivity index (χ1n) is 13.0. The molecule has 1 fully saturated rings. The molecule has 226 valence electrons. The molecule has 0 aromatic carbocycles. The van der Waals surface area contributed by atoms with Crippen LogP contribution >= 0.6 is 47.0 Å². The molecule has 1 aliphatic heterocycles. The normalized spacial score (nSPS) is 21.0. The summed E-state index contributed by atoms with van der Waals surface area (Å²) in [6.45, 7) is 2.57. The number of nitrogens with one attached hydrogen (secondary N) is 2. The molecule has 0 aliphatic carbocycles. The van der Waals surface area contributed by atoms with Crippen molar-refractivity contribution in [1.82, 2.24) is 14.9 Å². The van der Waals surface area contributed by atoms with Crippen molar-refractivity contribution >= 4 is 70.4 Å². The van der Waals surface area contributed by atoms with Crippen LogP contribution in [0.2, 0.25) is 0 Å². The molecule has 1 aromatic rings. The molecule has 1 aliphatic rings. The predicted octanol–water partition coefficient (Wildman–Crippen LogP) is 2.61. The van der Waals surface area contributed by atoms with E-state index < -0.39 is 30.2 Å². The summed E-state index contributed by atoms with van der Waals surface area (Å²) >= 11 is 0. The van der Waals surface area contributed by atoms with Crippen LogP contribution in [0.5, 0.6) is 0 Å². The number of anilines is 1. The quantitative estimate of drug-likeness (QED) is 0.0925. The SMILES string of the molecule is CCC(=O)CCCCCNC(=O)CCSSCCC(=O)Nc1ccn([C@@H]2O[C@H](COPPP)C(O)[C@@H]2O)c(=O)n1. The van der Waals surface area contributed by atoms with Crippen LogP contribution in [0.25, 0.3) is 0 Å². The molecule has 0 bridgehead atoms. The lowest BCUT2D eigenvalue weighted by atomic mass is 10.1. The number of hydrogen-bond donors (Lipinski definition) is 4. The molecule has 0 radical (unpaired) electrons. The summed E-state index contributed by atoms with van der Waals surface area (Å²) in [5.74, 6) is 1.18. The van der Waals surface area contributed by atoms with Gasteiger partial charge in [0.15, 0.2) is 6.23 Å². The van der Waals surface area contributed by atoms with Crippen LogP contribution in [0.3, 0.4) is 0 Å². The number of nitrogens with zero attached hydrogens (tertiary/aromatic N) is 2. The smallest absolute Gasteiger partial charge is 0.351 e. The van der Waals surface area contributed by atoms with Gasteiger partial charge >= 0.3 is 5.69 Å². The number of unbranched alkanes of at least 4 members (excludes halogenated alkanes) is 2. The number of hydrogen-bond acceptors (Lipinski definition) is 11. The van der Waals surface area contributed by atoms with E-state index in [0.717, 1.165) is 23.8 Å². The molecule has 0 spiro atoms. The molecule has 0 saturated carbocycles. The van der Waals surface area contributed by atoms with Gasteiger partial charge in [-0.15, -0.1) is 8.93 Å². The van der Waals surface area contributed by atoms with Crippen molar-refractivity contribution in [2.24, 2.45) is 0 Å². The number of ether oxygens (including phenoxy) is 1. The molecule has 4 N–H and O–H groups in total. The monoisotopic (exact) mass is 656 g/mol. The van der Waals surface area contributed by atoms with E-state index in [1.54, 1.807) is 0 Å². The Morgan fingerprint density at radius 1 is 1.12 bits per heavy atom. The van der Waals surface area contributed by atoms with Crippen LogP contribution in [-0.4, -0.2) is 80.3 Å². The van der Waals surface area contributed by atoms with E-state index in [1.165, 1.54) is 33.9 Å². The van der Waals surface area contributed by atoms with E-state index in [9.17, 15) is 29.4 Å². The zero-order valence-corrected chi connectivity index (χ0v) is 27.2. The molecule has 1 aromatic heterocycles. The van der Waals surface area contributed by atoms with E-state index in [-0.39, 0.29) is 44.9 Å². The Bertz CT molecular complexity index is 1010. The zero-order chi connectivity index (χ0) is 29.3. The molecule has 2 amide bonds. The van der Waals surface area contributed by atoms with Crippen LogP contribution in [0.15, 0.2) is 17.1 Å². The Kier molecular flexibility index (Phi) is 18.0. The summed E-state index contributed by atoms with van der Waals surface area (Å²) in [6, 6.07) is 1.42. The Labute approximate surface area is 247 Å². The first-order chi connectivity index (χ1) is 19.3. The minimum absolute atomic E-state index is 0.0125. The topological polar surface area (TPSA) is 169 Å². The van der Waals surface area contributed by atoms with Crippen LogP contribution in [0.4, 0.5) is 5.82 Å². The van der Waals surface area contributed by atoms with E-state index in [0.29, 0.717) is 45.3 Å². The molecular weight excluding hydrogens is 617 g/mol. The van der Waals surface area contributed by atoms with Gasteiger partial charge in [0.2, 0.25) is 11.8 Å². The van der Waals surface area contributed by atoms with Gasteiger partial charge in [-0.1, -0.05) is 42.9 Å². The summed E-state index contributed by atoms with van der Waals surface area (Å²) in [5.41, 5.74) is -0.737. The van der Waals surface area contributed by atoms with Gasteiger partial charge in [0, 0.05) is 58.4 Å². The van der Waals surface area contributed by atoms with Crippen LogP contribution in [-0.2, 0) is 23.6 Å². The number of carbonyl (C=O) groups is 3. The highest BCUT2D eigenvalue weighted by atomic mass is 33.1. The van der Waals surface area contributed by atoms with Gasteiger partial charge in [-0.2, -0.15) is 4.98 Å². The molecule has 12 nitrogen and oxygen atoms in total. The molecule has 2 heterocycles. The van der Waals surface area contributed by atoms with Crippen LogP contribution < -0.4 is 16.3 Å². The highest BCUT2D eigenvalue weighted by Gasteiger charge is 2.44.